The molecule has 0 aliphatic carbocycles. The summed E-state index contributed by atoms with van der Waals surface area (Å²) in [6, 6.07) is 46.2. The summed E-state index contributed by atoms with van der Waals surface area (Å²) in [5, 5.41) is 5.61. The Kier molecular flexibility index (Phi) is 5.12. The first-order valence-electron chi connectivity index (χ1n) is 14.9. The Bertz CT molecular complexity index is 2770. The van der Waals surface area contributed by atoms with E-state index in [9.17, 15) is 0 Å². The maximum Gasteiger partial charge on any atom is 0.160 e. The number of furan rings is 2. The molecule has 0 amide bonds. The molecule has 0 unspecified atom stereocenters. The molecule has 45 heavy (non-hydrogen) atoms. The van der Waals surface area contributed by atoms with Gasteiger partial charge in [-0.15, -0.1) is 11.3 Å². The fourth-order valence-corrected chi connectivity index (χ4v) is 7.66. The molecule has 210 valence electrons. The second-order valence-electron chi connectivity index (χ2n) is 11.4. The van der Waals surface area contributed by atoms with Crippen LogP contribution >= 0.6 is 11.3 Å². The number of hydrogen-bond acceptors (Lipinski definition) is 5. The van der Waals surface area contributed by atoms with Crippen molar-refractivity contribution in [1.29, 1.82) is 0 Å². The van der Waals surface area contributed by atoms with Gasteiger partial charge < -0.3 is 8.83 Å². The molecule has 0 bridgehead atoms. The van der Waals surface area contributed by atoms with Crippen molar-refractivity contribution in [3.63, 3.8) is 0 Å². The Hall–Kier alpha value is -5.78. The summed E-state index contributed by atoms with van der Waals surface area (Å²) >= 11 is 1.74. The molecular formula is C40H22N2O2S. The summed E-state index contributed by atoms with van der Waals surface area (Å²) < 4.78 is 14.7. The number of benzene rings is 6. The minimum Gasteiger partial charge on any atom is -0.456 e. The molecule has 0 spiro atoms. The van der Waals surface area contributed by atoms with Crippen LogP contribution in [-0.2, 0) is 0 Å². The molecule has 0 saturated carbocycles. The third-order valence-electron chi connectivity index (χ3n) is 8.73. The van der Waals surface area contributed by atoms with Crippen molar-refractivity contribution in [3.05, 3.63) is 133 Å². The summed E-state index contributed by atoms with van der Waals surface area (Å²) in [6.07, 6.45) is 0. The highest BCUT2D eigenvalue weighted by atomic mass is 32.1. The summed E-state index contributed by atoms with van der Waals surface area (Å²) in [7, 11) is 0. The molecule has 0 aliphatic heterocycles. The third-order valence-corrected chi connectivity index (χ3v) is 9.89. The van der Waals surface area contributed by atoms with E-state index in [-0.39, 0.29) is 0 Å². The van der Waals surface area contributed by atoms with Crippen LogP contribution in [0, 0.1) is 0 Å². The van der Waals surface area contributed by atoms with Crippen molar-refractivity contribution < 1.29 is 8.83 Å². The van der Waals surface area contributed by atoms with Crippen LogP contribution in [0.3, 0.4) is 0 Å². The second kappa shape index (κ2) is 9.36. The van der Waals surface area contributed by atoms with Gasteiger partial charge >= 0.3 is 0 Å². The van der Waals surface area contributed by atoms with Gasteiger partial charge in [-0.05, 0) is 53.6 Å². The molecular weight excluding hydrogens is 573 g/mol. The molecule has 0 radical (unpaired) electrons. The first kappa shape index (κ1) is 24.6. The predicted octanol–water partition coefficient (Wildman–Crippen LogP) is 11.6. The fraction of sp³-hybridized carbons (Fsp3) is 0. The van der Waals surface area contributed by atoms with E-state index in [1.54, 1.807) is 11.3 Å². The Morgan fingerprint density at radius 2 is 0.956 bits per heavy atom. The molecule has 4 heterocycles. The Morgan fingerprint density at radius 1 is 0.422 bits per heavy atom. The summed E-state index contributed by atoms with van der Waals surface area (Å²) in [5.74, 6) is 0.683. The normalized spacial score (nSPS) is 12.0. The second-order valence-corrected chi connectivity index (χ2v) is 12.4. The molecule has 10 rings (SSSR count). The Balaban J connectivity index is 1.12. The average molecular weight is 595 g/mol. The highest BCUT2D eigenvalue weighted by molar-refractivity contribution is 7.26. The molecule has 4 aromatic heterocycles. The highest BCUT2D eigenvalue weighted by Crippen LogP contribution is 2.41. The zero-order chi connectivity index (χ0) is 29.5. The van der Waals surface area contributed by atoms with Crippen molar-refractivity contribution in [2.24, 2.45) is 0 Å². The van der Waals surface area contributed by atoms with Gasteiger partial charge in [0.05, 0.1) is 15.9 Å². The molecule has 0 atom stereocenters. The number of aromatic nitrogens is 2. The van der Waals surface area contributed by atoms with E-state index in [0.717, 1.165) is 87.4 Å². The molecule has 0 saturated heterocycles. The zero-order valence-electron chi connectivity index (χ0n) is 23.8. The number of nitrogens with zero attached hydrogens (tertiary/aromatic N) is 2. The van der Waals surface area contributed by atoms with Crippen molar-refractivity contribution in [2.45, 2.75) is 0 Å². The standard InChI is InChI=1S/C40H22N2O2S/c1-4-10-32-27(7-1)29-19-17-25(21-34(29)43-32)23-13-15-24(16-14-23)37-39-38(31-9-3-6-12-36(31)45-39)42-40(41-37)26-18-20-30-28-8-2-5-11-33(28)44-35(30)22-26/h1-22H. The van der Waals surface area contributed by atoms with Crippen molar-refractivity contribution in [1.82, 2.24) is 9.97 Å². The monoisotopic (exact) mass is 594 g/mol. The van der Waals surface area contributed by atoms with E-state index in [0.29, 0.717) is 5.82 Å². The smallest absolute Gasteiger partial charge is 0.160 e. The molecule has 4 nitrogen and oxygen atoms in total. The van der Waals surface area contributed by atoms with Crippen LogP contribution < -0.4 is 0 Å². The molecule has 6 aromatic carbocycles. The van der Waals surface area contributed by atoms with E-state index in [1.165, 1.54) is 4.70 Å². The van der Waals surface area contributed by atoms with Crippen molar-refractivity contribution in [2.75, 3.05) is 0 Å². The van der Waals surface area contributed by atoms with Crippen LogP contribution in [0.2, 0.25) is 0 Å². The van der Waals surface area contributed by atoms with Gasteiger partial charge in [0, 0.05) is 42.8 Å². The van der Waals surface area contributed by atoms with Gasteiger partial charge in [-0.2, -0.15) is 0 Å². The molecule has 0 aliphatic rings. The lowest BCUT2D eigenvalue weighted by Crippen LogP contribution is -1.93. The molecule has 5 heteroatoms. The summed E-state index contributed by atoms with van der Waals surface area (Å²) in [5.41, 5.74) is 9.63. The Labute approximate surface area is 260 Å². The minimum absolute atomic E-state index is 0.683. The minimum atomic E-state index is 0.683. The third kappa shape index (κ3) is 3.78. The quantitative estimate of drug-likeness (QED) is 0.204. The van der Waals surface area contributed by atoms with Gasteiger partial charge in [0.15, 0.2) is 5.82 Å². The van der Waals surface area contributed by atoms with E-state index < -0.39 is 0 Å². The van der Waals surface area contributed by atoms with Crippen LogP contribution in [0.5, 0.6) is 0 Å². The van der Waals surface area contributed by atoms with Crippen LogP contribution in [0.15, 0.2) is 142 Å². The number of para-hydroxylation sites is 2. The van der Waals surface area contributed by atoms with Gasteiger partial charge in [-0.1, -0.05) is 91.0 Å². The Morgan fingerprint density at radius 3 is 1.67 bits per heavy atom. The maximum absolute atomic E-state index is 6.21. The van der Waals surface area contributed by atoms with Gasteiger partial charge in [-0.3, -0.25) is 0 Å². The summed E-state index contributed by atoms with van der Waals surface area (Å²) in [4.78, 5) is 10.3. The number of hydrogen-bond donors (Lipinski definition) is 0. The lowest BCUT2D eigenvalue weighted by atomic mass is 10.0. The largest absolute Gasteiger partial charge is 0.456 e. The fourth-order valence-electron chi connectivity index (χ4n) is 6.51. The van der Waals surface area contributed by atoms with Crippen LogP contribution in [0.25, 0.3) is 98.0 Å². The zero-order valence-corrected chi connectivity index (χ0v) is 24.6. The van der Waals surface area contributed by atoms with E-state index in [1.807, 2.05) is 36.4 Å². The maximum atomic E-state index is 6.21. The first-order chi connectivity index (χ1) is 22.3. The number of fused-ring (bicyclic) bond motifs is 9. The SMILES string of the molecule is c1ccc2c(c1)oc1cc(-c3ccc(-c4nc(-c5ccc6c(c5)oc5ccccc56)nc5c4sc4ccccc45)cc3)ccc12. The first-order valence-corrected chi connectivity index (χ1v) is 15.7. The van der Waals surface area contributed by atoms with Crippen LogP contribution in [0.4, 0.5) is 0 Å². The van der Waals surface area contributed by atoms with Crippen LogP contribution in [-0.4, -0.2) is 9.97 Å². The van der Waals surface area contributed by atoms with E-state index >= 15 is 0 Å². The lowest BCUT2D eigenvalue weighted by Gasteiger charge is -2.08. The summed E-state index contributed by atoms with van der Waals surface area (Å²) in [6.45, 7) is 0. The molecule has 0 fully saturated rings. The van der Waals surface area contributed by atoms with Gasteiger partial charge in [0.2, 0.25) is 0 Å². The lowest BCUT2D eigenvalue weighted by molar-refractivity contribution is 0.668. The van der Waals surface area contributed by atoms with E-state index in [2.05, 4.69) is 97.1 Å². The van der Waals surface area contributed by atoms with Crippen molar-refractivity contribution in [3.8, 4) is 33.8 Å². The van der Waals surface area contributed by atoms with Crippen molar-refractivity contribution >= 4 is 75.5 Å². The van der Waals surface area contributed by atoms with Crippen LogP contribution in [0.1, 0.15) is 0 Å². The highest BCUT2D eigenvalue weighted by Gasteiger charge is 2.18. The number of rotatable bonds is 3. The average Bonchev–Trinajstić information content (AvgIpc) is 3.78. The molecule has 0 N–H and O–H groups in total. The number of thiophene rings is 1. The predicted molar refractivity (Wildman–Crippen MR) is 186 cm³/mol. The van der Waals surface area contributed by atoms with Gasteiger partial charge in [0.1, 0.15) is 22.3 Å². The molecule has 10 aromatic rings. The van der Waals surface area contributed by atoms with E-state index in [4.69, 9.17) is 18.8 Å². The topological polar surface area (TPSA) is 52.1 Å². The van der Waals surface area contributed by atoms with Gasteiger partial charge in [0.25, 0.3) is 0 Å². The van der Waals surface area contributed by atoms with Gasteiger partial charge in [-0.25, -0.2) is 9.97 Å².